The molecule has 1 aliphatic heterocycles. The summed E-state index contributed by atoms with van der Waals surface area (Å²) in [6.45, 7) is 4.36. The van der Waals surface area contributed by atoms with Crippen LogP contribution in [0.25, 0.3) is 0 Å². The molecule has 0 spiro atoms. The average molecular weight is 305 g/mol. The Bertz CT molecular complexity index is 609. The number of nitrogens with zero attached hydrogens (tertiary/aromatic N) is 2. The van der Waals surface area contributed by atoms with E-state index in [0.29, 0.717) is 5.69 Å². The number of hydrogen-bond donors (Lipinski definition) is 0. The molecule has 0 radical (unpaired) electrons. The first-order valence-corrected chi connectivity index (χ1v) is 7.57. The second-order valence-corrected chi connectivity index (χ2v) is 5.71. The Morgan fingerprint density at radius 2 is 1.57 bits per heavy atom. The molecule has 0 saturated carbocycles. The highest BCUT2D eigenvalue weighted by atomic mass is 35.5. The minimum atomic E-state index is -0.142. The molecule has 0 amide bonds. The number of piperazine rings is 1. The van der Waals surface area contributed by atoms with Gasteiger partial charge in [0.05, 0.1) is 5.69 Å². The Labute approximate surface area is 129 Å². The largest absolute Gasteiger partial charge is 0.367 e. The Balaban J connectivity index is 1.61. The van der Waals surface area contributed by atoms with Crippen LogP contribution in [-0.4, -0.2) is 31.1 Å². The number of benzene rings is 2. The summed E-state index contributed by atoms with van der Waals surface area (Å²) in [5, 5.41) is 0.814. The number of hydrogen-bond acceptors (Lipinski definition) is 2. The van der Waals surface area contributed by atoms with Gasteiger partial charge >= 0.3 is 0 Å². The van der Waals surface area contributed by atoms with Crippen molar-refractivity contribution in [1.82, 2.24) is 4.90 Å². The van der Waals surface area contributed by atoms with Gasteiger partial charge in [-0.2, -0.15) is 0 Å². The first-order chi connectivity index (χ1) is 10.2. The van der Waals surface area contributed by atoms with Gasteiger partial charge in [0, 0.05) is 37.7 Å². The van der Waals surface area contributed by atoms with Crippen molar-refractivity contribution in [3.8, 4) is 0 Å². The van der Waals surface area contributed by atoms with E-state index >= 15 is 0 Å². The fourth-order valence-electron chi connectivity index (χ4n) is 2.72. The predicted molar refractivity (Wildman–Crippen MR) is 85.3 cm³/mol. The lowest BCUT2D eigenvalue weighted by Crippen LogP contribution is -2.46. The van der Waals surface area contributed by atoms with Crippen molar-refractivity contribution in [3.63, 3.8) is 0 Å². The summed E-state index contributed by atoms with van der Waals surface area (Å²) in [6, 6.07) is 14.9. The Kier molecular flexibility index (Phi) is 4.42. The van der Waals surface area contributed by atoms with Gasteiger partial charge in [-0.1, -0.05) is 41.9 Å². The zero-order valence-electron chi connectivity index (χ0n) is 11.8. The molecular formula is C17H18ClFN2. The molecular weight excluding hydrogens is 287 g/mol. The minimum absolute atomic E-state index is 0.142. The van der Waals surface area contributed by atoms with E-state index in [1.807, 2.05) is 30.3 Å². The lowest BCUT2D eigenvalue weighted by atomic mass is 10.2. The van der Waals surface area contributed by atoms with Crippen molar-refractivity contribution in [2.45, 2.75) is 6.54 Å². The third-order valence-electron chi connectivity index (χ3n) is 3.92. The third kappa shape index (κ3) is 3.36. The normalized spacial score (nSPS) is 16.2. The van der Waals surface area contributed by atoms with Crippen LogP contribution >= 0.6 is 11.6 Å². The van der Waals surface area contributed by atoms with Gasteiger partial charge in [0.15, 0.2) is 0 Å². The van der Waals surface area contributed by atoms with Gasteiger partial charge in [-0.25, -0.2) is 4.39 Å². The molecule has 0 aromatic heterocycles. The molecule has 4 heteroatoms. The lowest BCUT2D eigenvalue weighted by Gasteiger charge is -2.36. The molecule has 1 heterocycles. The van der Waals surface area contributed by atoms with E-state index in [4.69, 9.17) is 11.6 Å². The zero-order chi connectivity index (χ0) is 14.7. The van der Waals surface area contributed by atoms with E-state index in [-0.39, 0.29) is 5.82 Å². The van der Waals surface area contributed by atoms with Crippen molar-refractivity contribution in [2.75, 3.05) is 31.1 Å². The second-order valence-electron chi connectivity index (χ2n) is 5.31. The number of anilines is 1. The highest BCUT2D eigenvalue weighted by molar-refractivity contribution is 6.31. The number of rotatable bonds is 3. The highest BCUT2D eigenvalue weighted by Gasteiger charge is 2.19. The van der Waals surface area contributed by atoms with Gasteiger partial charge < -0.3 is 4.90 Å². The molecule has 21 heavy (non-hydrogen) atoms. The van der Waals surface area contributed by atoms with Crippen molar-refractivity contribution in [3.05, 3.63) is 64.9 Å². The average Bonchev–Trinajstić information content (AvgIpc) is 2.51. The molecule has 3 rings (SSSR count). The molecule has 1 fully saturated rings. The van der Waals surface area contributed by atoms with Crippen molar-refractivity contribution in [2.24, 2.45) is 0 Å². The van der Waals surface area contributed by atoms with E-state index in [0.717, 1.165) is 43.3 Å². The molecule has 110 valence electrons. The highest BCUT2D eigenvalue weighted by Crippen LogP contribution is 2.22. The maximum Gasteiger partial charge on any atom is 0.146 e. The summed E-state index contributed by atoms with van der Waals surface area (Å²) in [7, 11) is 0. The molecule has 0 aliphatic carbocycles. The molecule has 2 aromatic carbocycles. The summed E-state index contributed by atoms with van der Waals surface area (Å²) in [6.07, 6.45) is 0. The van der Waals surface area contributed by atoms with Crippen LogP contribution in [0, 0.1) is 5.82 Å². The van der Waals surface area contributed by atoms with Crippen LogP contribution in [0.2, 0.25) is 5.02 Å². The third-order valence-corrected chi connectivity index (χ3v) is 4.29. The molecule has 1 saturated heterocycles. The monoisotopic (exact) mass is 304 g/mol. The second kappa shape index (κ2) is 6.46. The molecule has 2 aromatic rings. The van der Waals surface area contributed by atoms with Crippen LogP contribution in [0.15, 0.2) is 48.5 Å². The molecule has 0 unspecified atom stereocenters. The van der Waals surface area contributed by atoms with Crippen LogP contribution in [0.5, 0.6) is 0 Å². The molecule has 0 N–H and O–H groups in total. The van der Waals surface area contributed by atoms with Crippen LogP contribution in [-0.2, 0) is 6.54 Å². The van der Waals surface area contributed by atoms with Gasteiger partial charge in [0.1, 0.15) is 5.82 Å². The smallest absolute Gasteiger partial charge is 0.146 e. The molecule has 0 bridgehead atoms. The maximum atomic E-state index is 13.8. The van der Waals surface area contributed by atoms with Crippen LogP contribution < -0.4 is 4.90 Å². The summed E-state index contributed by atoms with van der Waals surface area (Å²) >= 11 is 6.20. The molecule has 2 nitrogen and oxygen atoms in total. The first kappa shape index (κ1) is 14.4. The van der Waals surface area contributed by atoms with Crippen LogP contribution in [0.3, 0.4) is 0 Å². The van der Waals surface area contributed by atoms with E-state index in [1.54, 1.807) is 6.07 Å². The van der Waals surface area contributed by atoms with Crippen LogP contribution in [0.1, 0.15) is 5.56 Å². The van der Waals surface area contributed by atoms with Gasteiger partial charge in [-0.05, 0) is 23.8 Å². The lowest BCUT2D eigenvalue weighted by molar-refractivity contribution is 0.249. The van der Waals surface area contributed by atoms with Gasteiger partial charge in [0.25, 0.3) is 0 Å². The molecule has 1 aliphatic rings. The van der Waals surface area contributed by atoms with Gasteiger partial charge in [0.2, 0.25) is 0 Å². The van der Waals surface area contributed by atoms with Crippen molar-refractivity contribution < 1.29 is 4.39 Å². The minimum Gasteiger partial charge on any atom is -0.367 e. The number of para-hydroxylation sites is 1. The first-order valence-electron chi connectivity index (χ1n) is 7.19. The summed E-state index contributed by atoms with van der Waals surface area (Å²) in [4.78, 5) is 4.47. The Morgan fingerprint density at radius 1 is 0.905 bits per heavy atom. The summed E-state index contributed by atoms with van der Waals surface area (Å²) in [5.41, 5.74) is 1.86. The fraction of sp³-hybridized carbons (Fsp3) is 0.294. The zero-order valence-corrected chi connectivity index (χ0v) is 12.6. The van der Waals surface area contributed by atoms with E-state index in [2.05, 4.69) is 15.9 Å². The standard InChI is InChI=1S/C17H18ClFN2/c18-15-6-2-1-5-14(15)13-20-9-11-21(12-10-20)17-8-4-3-7-16(17)19/h1-8H,9-13H2. The van der Waals surface area contributed by atoms with E-state index < -0.39 is 0 Å². The van der Waals surface area contributed by atoms with E-state index in [1.165, 1.54) is 6.07 Å². The summed E-state index contributed by atoms with van der Waals surface area (Å²) in [5.74, 6) is -0.142. The van der Waals surface area contributed by atoms with Gasteiger partial charge in [-0.3, -0.25) is 4.90 Å². The molecule has 0 atom stereocenters. The Morgan fingerprint density at radius 3 is 2.29 bits per heavy atom. The van der Waals surface area contributed by atoms with Crippen LogP contribution in [0.4, 0.5) is 10.1 Å². The fourth-order valence-corrected chi connectivity index (χ4v) is 2.92. The Hall–Kier alpha value is -1.58. The summed E-state index contributed by atoms with van der Waals surface area (Å²) < 4.78 is 13.8. The quantitative estimate of drug-likeness (QED) is 0.851. The predicted octanol–water partition coefficient (Wildman–Crippen LogP) is 3.80. The van der Waals surface area contributed by atoms with Gasteiger partial charge in [-0.15, -0.1) is 0 Å². The number of halogens is 2. The topological polar surface area (TPSA) is 6.48 Å². The SMILES string of the molecule is Fc1ccccc1N1CCN(Cc2ccccc2Cl)CC1. The van der Waals surface area contributed by atoms with Crippen molar-refractivity contribution in [1.29, 1.82) is 0 Å². The van der Waals surface area contributed by atoms with E-state index in [9.17, 15) is 4.39 Å². The van der Waals surface area contributed by atoms with Crippen molar-refractivity contribution >= 4 is 17.3 Å². The maximum absolute atomic E-state index is 13.8.